The van der Waals surface area contributed by atoms with Crippen molar-refractivity contribution in [2.45, 2.75) is 25.9 Å². The van der Waals surface area contributed by atoms with Gasteiger partial charge in [-0.1, -0.05) is 18.2 Å². The highest BCUT2D eigenvalue weighted by Crippen LogP contribution is 2.40. The third-order valence-corrected chi connectivity index (χ3v) is 5.10. The van der Waals surface area contributed by atoms with Gasteiger partial charge in [0, 0.05) is 25.2 Å². The molecule has 0 spiro atoms. The van der Waals surface area contributed by atoms with Gasteiger partial charge >= 0.3 is 0 Å². The standard InChI is InChI=1S/C19H21N3O2/c1-13-20-10-9-17(21-13)19(23)22-11-14-7-8-18(16(14)12-22)24-15-5-3-2-4-6-15/h2-6,9-10,14,16,18H,7-8,11-12H2,1H3/t14-,16+,18-/m0/s1. The Hall–Kier alpha value is -2.43. The van der Waals surface area contributed by atoms with Gasteiger partial charge in [0.15, 0.2) is 0 Å². The molecule has 1 aliphatic carbocycles. The largest absolute Gasteiger partial charge is 0.490 e. The Balaban J connectivity index is 1.45. The van der Waals surface area contributed by atoms with Gasteiger partial charge in [-0.3, -0.25) is 4.79 Å². The summed E-state index contributed by atoms with van der Waals surface area (Å²) in [6.07, 6.45) is 4.03. The van der Waals surface area contributed by atoms with E-state index in [-0.39, 0.29) is 12.0 Å². The van der Waals surface area contributed by atoms with Gasteiger partial charge in [-0.2, -0.15) is 0 Å². The van der Waals surface area contributed by atoms with E-state index in [9.17, 15) is 4.79 Å². The Kier molecular flexibility index (Phi) is 3.92. The molecule has 2 aliphatic rings. The zero-order valence-corrected chi connectivity index (χ0v) is 13.8. The first kappa shape index (κ1) is 15.1. The Bertz CT molecular complexity index is 734. The maximum Gasteiger partial charge on any atom is 0.272 e. The van der Waals surface area contributed by atoms with Crippen molar-refractivity contribution in [1.82, 2.24) is 14.9 Å². The lowest BCUT2D eigenvalue weighted by molar-refractivity contribution is 0.0756. The minimum absolute atomic E-state index is 0.00774. The summed E-state index contributed by atoms with van der Waals surface area (Å²) < 4.78 is 6.18. The van der Waals surface area contributed by atoms with Crippen molar-refractivity contribution in [3.63, 3.8) is 0 Å². The summed E-state index contributed by atoms with van der Waals surface area (Å²) in [5, 5.41) is 0. The zero-order chi connectivity index (χ0) is 16.5. The summed E-state index contributed by atoms with van der Waals surface area (Å²) >= 11 is 0. The van der Waals surface area contributed by atoms with Crippen molar-refractivity contribution in [3.8, 4) is 5.75 Å². The topological polar surface area (TPSA) is 55.3 Å². The van der Waals surface area contributed by atoms with Crippen LogP contribution in [-0.4, -0.2) is 40.0 Å². The first-order valence-electron chi connectivity index (χ1n) is 8.51. The van der Waals surface area contributed by atoms with E-state index in [1.807, 2.05) is 35.2 Å². The maximum atomic E-state index is 12.7. The molecule has 2 fully saturated rings. The van der Waals surface area contributed by atoms with Crippen LogP contribution in [-0.2, 0) is 0 Å². The van der Waals surface area contributed by atoms with E-state index >= 15 is 0 Å². The fourth-order valence-electron chi connectivity index (χ4n) is 3.94. The fourth-order valence-corrected chi connectivity index (χ4v) is 3.94. The number of fused-ring (bicyclic) bond motifs is 1. The van der Waals surface area contributed by atoms with Crippen LogP contribution in [0.3, 0.4) is 0 Å². The predicted molar refractivity (Wildman–Crippen MR) is 89.7 cm³/mol. The Morgan fingerprint density at radius 1 is 1.17 bits per heavy atom. The average molecular weight is 323 g/mol. The first-order chi connectivity index (χ1) is 11.7. The molecule has 1 saturated carbocycles. The Labute approximate surface area is 141 Å². The highest BCUT2D eigenvalue weighted by atomic mass is 16.5. The van der Waals surface area contributed by atoms with E-state index in [4.69, 9.17) is 4.74 Å². The van der Waals surface area contributed by atoms with E-state index < -0.39 is 0 Å². The van der Waals surface area contributed by atoms with Crippen molar-refractivity contribution in [2.24, 2.45) is 11.8 Å². The van der Waals surface area contributed by atoms with E-state index in [0.717, 1.165) is 31.7 Å². The predicted octanol–water partition coefficient (Wildman–Crippen LogP) is 2.71. The molecule has 0 N–H and O–H groups in total. The quantitative estimate of drug-likeness (QED) is 0.871. The lowest BCUT2D eigenvalue weighted by Crippen LogP contribution is -2.33. The molecule has 1 amide bonds. The molecular weight excluding hydrogens is 302 g/mol. The van der Waals surface area contributed by atoms with Gasteiger partial charge in [0.05, 0.1) is 0 Å². The molecule has 4 rings (SSSR count). The second-order valence-corrected chi connectivity index (χ2v) is 6.67. The molecule has 5 nitrogen and oxygen atoms in total. The molecule has 3 atom stereocenters. The van der Waals surface area contributed by atoms with Crippen molar-refractivity contribution in [1.29, 1.82) is 0 Å². The number of rotatable bonds is 3. The van der Waals surface area contributed by atoms with E-state index in [1.54, 1.807) is 19.2 Å². The number of benzene rings is 1. The molecule has 1 saturated heterocycles. The summed E-state index contributed by atoms with van der Waals surface area (Å²) in [5.41, 5.74) is 0.489. The summed E-state index contributed by atoms with van der Waals surface area (Å²) in [7, 11) is 0. The number of ether oxygens (including phenoxy) is 1. The number of hydrogen-bond donors (Lipinski definition) is 0. The number of aryl methyl sites for hydroxylation is 1. The molecule has 0 unspecified atom stereocenters. The Morgan fingerprint density at radius 3 is 2.79 bits per heavy atom. The van der Waals surface area contributed by atoms with Crippen LogP contribution in [0.5, 0.6) is 5.75 Å². The van der Waals surface area contributed by atoms with E-state index in [1.165, 1.54) is 0 Å². The van der Waals surface area contributed by atoms with Crippen molar-refractivity contribution >= 4 is 5.91 Å². The van der Waals surface area contributed by atoms with E-state index in [0.29, 0.717) is 23.4 Å². The average Bonchev–Trinajstić information content (AvgIpc) is 3.17. The number of carbonyl (C=O) groups excluding carboxylic acids is 1. The first-order valence-corrected chi connectivity index (χ1v) is 8.51. The molecule has 2 aromatic rings. The summed E-state index contributed by atoms with van der Waals surface area (Å²) in [6, 6.07) is 11.7. The number of aromatic nitrogens is 2. The van der Waals surface area contributed by atoms with Gasteiger partial charge in [-0.05, 0) is 43.9 Å². The van der Waals surface area contributed by atoms with Crippen molar-refractivity contribution in [3.05, 3.63) is 54.1 Å². The highest BCUT2D eigenvalue weighted by molar-refractivity contribution is 5.92. The molecule has 0 radical (unpaired) electrons. The summed E-state index contributed by atoms with van der Waals surface area (Å²) in [5.74, 6) is 2.50. The Morgan fingerprint density at radius 2 is 2.00 bits per heavy atom. The molecule has 1 aromatic heterocycles. The number of carbonyl (C=O) groups is 1. The van der Waals surface area contributed by atoms with Crippen LogP contribution >= 0.6 is 0 Å². The fraction of sp³-hybridized carbons (Fsp3) is 0.421. The van der Waals surface area contributed by atoms with Crippen LogP contribution in [0.4, 0.5) is 0 Å². The van der Waals surface area contributed by atoms with Crippen molar-refractivity contribution in [2.75, 3.05) is 13.1 Å². The second kappa shape index (κ2) is 6.23. The van der Waals surface area contributed by atoms with Crippen LogP contribution in [0, 0.1) is 18.8 Å². The lowest BCUT2D eigenvalue weighted by atomic mass is 9.99. The van der Waals surface area contributed by atoms with Gasteiger partial charge in [0.25, 0.3) is 5.91 Å². The summed E-state index contributed by atoms with van der Waals surface area (Å²) in [4.78, 5) is 22.9. The number of amides is 1. The highest BCUT2D eigenvalue weighted by Gasteiger charge is 2.45. The maximum absolute atomic E-state index is 12.7. The normalized spacial score (nSPS) is 25.5. The SMILES string of the molecule is Cc1nccc(C(=O)N2C[C@@H]3CC[C@H](Oc4ccccc4)[C@@H]3C2)n1. The third-order valence-electron chi connectivity index (χ3n) is 5.10. The van der Waals surface area contributed by atoms with Gasteiger partial charge in [-0.25, -0.2) is 9.97 Å². The number of nitrogens with zero attached hydrogens (tertiary/aromatic N) is 3. The van der Waals surface area contributed by atoms with Crippen LogP contribution in [0.1, 0.15) is 29.2 Å². The molecular formula is C19H21N3O2. The van der Waals surface area contributed by atoms with Crippen molar-refractivity contribution < 1.29 is 9.53 Å². The number of para-hydroxylation sites is 1. The molecule has 124 valence electrons. The molecule has 2 heterocycles. The van der Waals surface area contributed by atoms with Crippen LogP contribution in [0.25, 0.3) is 0 Å². The molecule has 1 aliphatic heterocycles. The zero-order valence-electron chi connectivity index (χ0n) is 13.8. The smallest absolute Gasteiger partial charge is 0.272 e. The molecule has 24 heavy (non-hydrogen) atoms. The molecule has 5 heteroatoms. The lowest BCUT2D eigenvalue weighted by Gasteiger charge is -2.22. The van der Waals surface area contributed by atoms with Gasteiger partial charge in [-0.15, -0.1) is 0 Å². The minimum Gasteiger partial charge on any atom is -0.490 e. The van der Waals surface area contributed by atoms with Crippen LogP contribution < -0.4 is 4.74 Å². The van der Waals surface area contributed by atoms with Crippen LogP contribution in [0.2, 0.25) is 0 Å². The number of hydrogen-bond acceptors (Lipinski definition) is 4. The number of likely N-dealkylation sites (tertiary alicyclic amines) is 1. The summed E-state index contributed by atoms with van der Waals surface area (Å²) in [6.45, 7) is 3.37. The molecule has 1 aromatic carbocycles. The third kappa shape index (κ3) is 2.86. The second-order valence-electron chi connectivity index (χ2n) is 6.67. The minimum atomic E-state index is 0.00774. The van der Waals surface area contributed by atoms with Crippen LogP contribution in [0.15, 0.2) is 42.6 Å². The van der Waals surface area contributed by atoms with Gasteiger partial charge in [0.1, 0.15) is 23.4 Å². The van der Waals surface area contributed by atoms with Gasteiger partial charge in [0.2, 0.25) is 0 Å². The molecule has 0 bridgehead atoms. The monoisotopic (exact) mass is 323 g/mol. The van der Waals surface area contributed by atoms with E-state index in [2.05, 4.69) is 9.97 Å². The van der Waals surface area contributed by atoms with Gasteiger partial charge < -0.3 is 9.64 Å².